The Bertz CT molecular complexity index is 1410. The van der Waals surface area contributed by atoms with Crippen molar-refractivity contribution in [1.29, 1.82) is 0 Å². The lowest BCUT2D eigenvalue weighted by Gasteiger charge is -2.23. The molecular formula is C27H31N7O2. The Morgan fingerprint density at radius 1 is 1.11 bits per heavy atom. The third-order valence-electron chi connectivity index (χ3n) is 7.16. The van der Waals surface area contributed by atoms with E-state index in [9.17, 15) is 4.79 Å². The first-order valence-corrected chi connectivity index (χ1v) is 12.7. The number of aryl methyl sites for hydroxylation is 2. The first-order chi connectivity index (χ1) is 17.6. The van der Waals surface area contributed by atoms with Gasteiger partial charge < -0.3 is 15.4 Å². The van der Waals surface area contributed by atoms with Gasteiger partial charge >= 0.3 is 0 Å². The summed E-state index contributed by atoms with van der Waals surface area (Å²) in [5.41, 5.74) is 6.08. The minimum Gasteiger partial charge on any atom is -0.381 e. The van der Waals surface area contributed by atoms with E-state index in [0.717, 1.165) is 85.0 Å². The fourth-order valence-electron chi connectivity index (χ4n) is 4.83. The molecule has 36 heavy (non-hydrogen) atoms. The lowest BCUT2D eigenvalue weighted by Crippen LogP contribution is -2.26. The number of fused-ring (bicyclic) bond motifs is 1. The van der Waals surface area contributed by atoms with Crippen molar-refractivity contribution in [3.8, 4) is 22.5 Å². The quantitative estimate of drug-likeness (QED) is 0.413. The molecule has 0 unspecified atom stereocenters. The van der Waals surface area contributed by atoms with Gasteiger partial charge in [-0.25, -0.2) is 4.98 Å². The molecule has 1 saturated heterocycles. The van der Waals surface area contributed by atoms with Gasteiger partial charge in [0.2, 0.25) is 0 Å². The maximum atomic E-state index is 12.6. The molecule has 0 bridgehead atoms. The highest BCUT2D eigenvalue weighted by molar-refractivity contribution is 5.97. The van der Waals surface area contributed by atoms with Gasteiger partial charge in [0, 0.05) is 56.2 Å². The van der Waals surface area contributed by atoms with Gasteiger partial charge in [0.15, 0.2) is 5.65 Å². The Labute approximate surface area is 209 Å². The third kappa shape index (κ3) is 4.46. The molecule has 0 spiro atoms. The molecule has 4 heterocycles. The molecule has 2 aliphatic rings. The lowest BCUT2D eigenvalue weighted by atomic mass is 10.0. The summed E-state index contributed by atoms with van der Waals surface area (Å²) in [5.74, 6) is 1.46. The van der Waals surface area contributed by atoms with Crippen LogP contribution in [0.4, 0.5) is 5.82 Å². The molecular weight excluding hydrogens is 454 g/mol. The zero-order valence-electron chi connectivity index (χ0n) is 20.7. The number of carbonyl (C=O) groups excluding carboxylic acids is 1. The second-order valence-corrected chi connectivity index (χ2v) is 9.87. The van der Waals surface area contributed by atoms with E-state index in [4.69, 9.17) is 14.8 Å². The molecule has 186 valence electrons. The number of aromatic nitrogens is 5. The molecule has 2 fully saturated rings. The molecule has 1 aromatic carbocycles. The maximum absolute atomic E-state index is 12.6. The topological polar surface area (TPSA) is 98.4 Å². The summed E-state index contributed by atoms with van der Waals surface area (Å²) >= 11 is 0. The van der Waals surface area contributed by atoms with Gasteiger partial charge in [-0.1, -0.05) is 12.1 Å². The second-order valence-electron chi connectivity index (χ2n) is 9.87. The summed E-state index contributed by atoms with van der Waals surface area (Å²) in [4.78, 5) is 17.6. The minimum atomic E-state index is -0.00219. The van der Waals surface area contributed by atoms with Crippen LogP contribution >= 0.6 is 0 Å². The van der Waals surface area contributed by atoms with Gasteiger partial charge in [-0.3, -0.25) is 9.48 Å². The number of carbonyl (C=O) groups is 1. The molecule has 3 aromatic heterocycles. The summed E-state index contributed by atoms with van der Waals surface area (Å²) in [5, 5.41) is 15.7. The number of rotatable bonds is 7. The number of hydrogen-bond acceptors (Lipinski definition) is 6. The standard InChI is InChI=1S/C27H31N7O2/c1-17-13-19(3-6-21(17)27(35)31-20-4-5-20)22-16-30-34-25(28-15-18-8-11-36-12-9-18)14-23(32-26(22)34)24-7-10-29-33(24)2/h3,6-7,10,13-14,16,18,20,28H,4-5,8-9,11-12,15H2,1-2H3,(H,31,35). The van der Waals surface area contributed by atoms with Gasteiger partial charge in [0.1, 0.15) is 5.82 Å². The van der Waals surface area contributed by atoms with Gasteiger partial charge in [-0.2, -0.15) is 14.7 Å². The molecule has 9 nitrogen and oxygen atoms in total. The van der Waals surface area contributed by atoms with E-state index >= 15 is 0 Å². The highest BCUT2D eigenvalue weighted by Crippen LogP contribution is 2.30. The van der Waals surface area contributed by atoms with E-state index in [2.05, 4.69) is 15.7 Å². The molecule has 4 aromatic rings. The van der Waals surface area contributed by atoms with Crippen LogP contribution in [0.5, 0.6) is 0 Å². The van der Waals surface area contributed by atoms with Crippen LogP contribution in [-0.4, -0.2) is 56.1 Å². The second kappa shape index (κ2) is 9.39. The van der Waals surface area contributed by atoms with E-state index in [0.29, 0.717) is 17.5 Å². The molecule has 0 radical (unpaired) electrons. The molecule has 1 aliphatic heterocycles. The van der Waals surface area contributed by atoms with Crippen molar-refractivity contribution < 1.29 is 9.53 Å². The molecule has 9 heteroatoms. The summed E-state index contributed by atoms with van der Waals surface area (Å²) in [6.07, 6.45) is 7.89. The smallest absolute Gasteiger partial charge is 0.251 e. The fourth-order valence-corrected chi connectivity index (χ4v) is 4.83. The Balaban J connectivity index is 1.38. The van der Waals surface area contributed by atoms with E-state index in [-0.39, 0.29) is 5.91 Å². The Morgan fingerprint density at radius 2 is 1.94 bits per heavy atom. The van der Waals surface area contributed by atoms with E-state index in [1.54, 1.807) is 6.20 Å². The average molecular weight is 486 g/mol. The van der Waals surface area contributed by atoms with E-state index in [1.165, 1.54) is 0 Å². The van der Waals surface area contributed by atoms with Crippen LogP contribution in [0.15, 0.2) is 42.7 Å². The SMILES string of the molecule is Cc1cc(-c2cnn3c(NCC4CCOCC4)cc(-c4ccnn4C)nc23)ccc1C(=O)NC1CC1. The average Bonchev–Trinajstić information content (AvgIpc) is 3.42. The van der Waals surface area contributed by atoms with Crippen LogP contribution in [0.1, 0.15) is 41.6 Å². The summed E-state index contributed by atoms with van der Waals surface area (Å²) in [7, 11) is 1.92. The zero-order valence-corrected chi connectivity index (χ0v) is 20.7. The Kier molecular flexibility index (Phi) is 5.92. The number of hydrogen-bond donors (Lipinski definition) is 2. The van der Waals surface area contributed by atoms with Crippen LogP contribution in [-0.2, 0) is 11.8 Å². The summed E-state index contributed by atoms with van der Waals surface area (Å²) < 4.78 is 9.22. The van der Waals surface area contributed by atoms with Gasteiger partial charge in [0.25, 0.3) is 5.91 Å². The molecule has 0 atom stereocenters. The Hall–Kier alpha value is -3.72. The van der Waals surface area contributed by atoms with Crippen LogP contribution < -0.4 is 10.6 Å². The van der Waals surface area contributed by atoms with Crippen molar-refractivity contribution in [3.63, 3.8) is 0 Å². The van der Waals surface area contributed by atoms with Crippen LogP contribution in [0.2, 0.25) is 0 Å². The molecule has 6 rings (SSSR count). The molecule has 2 N–H and O–H groups in total. The number of anilines is 1. The van der Waals surface area contributed by atoms with E-state index < -0.39 is 0 Å². The number of amides is 1. The van der Waals surface area contributed by atoms with E-state index in [1.807, 2.05) is 59.7 Å². The summed E-state index contributed by atoms with van der Waals surface area (Å²) in [6.45, 7) is 4.47. The zero-order chi connectivity index (χ0) is 24.6. The predicted octanol–water partition coefficient (Wildman–Crippen LogP) is 3.84. The maximum Gasteiger partial charge on any atom is 0.251 e. The predicted molar refractivity (Wildman–Crippen MR) is 138 cm³/mol. The van der Waals surface area contributed by atoms with Crippen molar-refractivity contribution >= 4 is 17.4 Å². The largest absolute Gasteiger partial charge is 0.381 e. The molecule has 1 saturated carbocycles. The van der Waals surface area contributed by atoms with Gasteiger partial charge in [-0.05, 0) is 61.8 Å². The molecule has 1 amide bonds. The van der Waals surface area contributed by atoms with Crippen LogP contribution in [0.25, 0.3) is 28.2 Å². The van der Waals surface area contributed by atoms with Crippen LogP contribution in [0, 0.1) is 12.8 Å². The normalized spacial score (nSPS) is 16.4. The third-order valence-corrected chi connectivity index (χ3v) is 7.16. The van der Waals surface area contributed by atoms with Gasteiger partial charge in [-0.15, -0.1) is 0 Å². The highest BCUT2D eigenvalue weighted by Gasteiger charge is 2.25. The Morgan fingerprint density at radius 3 is 2.67 bits per heavy atom. The van der Waals surface area contributed by atoms with Crippen molar-refractivity contribution in [1.82, 2.24) is 29.7 Å². The molecule has 1 aliphatic carbocycles. The number of nitrogens with zero attached hydrogens (tertiary/aromatic N) is 5. The number of ether oxygens (including phenoxy) is 1. The van der Waals surface area contributed by atoms with Crippen molar-refractivity contribution in [2.75, 3.05) is 25.1 Å². The highest BCUT2D eigenvalue weighted by atomic mass is 16.5. The summed E-state index contributed by atoms with van der Waals surface area (Å²) in [6, 6.07) is 10.3. The first-order valence-electron chi connectivity index (χ1n) is 12.7. The minimum absolute atomic E-state index is 0.00219. The number of benzene rings is 1. The number of nitrogens with one attached hydrogen (secondary N) is 2. The van der Waals surface area contributed by atoms with Crippen molar-refractivity contribution in [3.05, 3.63) is 53.9 Å². The van der Waals surface area contributed by atoms with Crippen molar-refractivity contribution in [2.24, 2.45) is 13.0 Å². The van der Waals surface area contributed by atoms with Crippen LogP contribution in [0.3, 0.4) is 0 Å². The lowest BCUT2D eigenvalue weighted by molar-refractivity contribution is 0.0699. The fraction of sp³-hybridized carbons (Fsp3) is 0.407. The first kappa shape index (κ1) is 22.7. The van der Waals surface area contributed by atoms with Crippen molar-refractivity contribution in [2.45, 2.75) is 38.6 Å². The van der Waals surface area contributed by atoms with Gasteiger partial charge in [0.05, 0.1) is 17.6 Å². The monoisotopic (exact) mass is 485 g/mol.